The predicted molar refractivity (Wildman–Crippen MR) is 139 cm³/mol. The third-order valence-corrected chi connectivity index (χ3v) is 11.2. The van der Waals surface area contributed by atoms with Crippen LogP contribution in [0, 0.1) is 0 Å². The lowest BCUT2D eigenvalue weighted by atomic mass is 10.0. The van der Waals surface area contributed by atoms with Crippen molar-refractivity contribution in [3.05, 3.63) is 53.6 Å². The zero-order valence-electron chi connectivity index (χ0n) is 21.2. The maximum Gasteiger partial charge on any atom is 0.325 e. The number of phenols is 1. The third kappa shape index (κ3) is 7.96. The van der Waals surface area contributed by atoms with E-state index in [1.807, 2.05) is 0 Å². The van der Waals surface area contributed by atoms with E-state index in [2.05, 4.69) is 43.9 Å². The van der Waals surface area contributed by atoms with Crippen molar-refractivity contribution >= 4 is 30.0 Å². The fourth-order valence-corrected chi connectivity index (χ4v) is 5.01. The number of sulfonamides is 1. The van der Waals surface area contributed by atoms with Gasteiger partial charge in [-0.3, -0.25) is 14.8 Å². The Labute approximate surface area is 208 Å². The average molecular weight is 525 g/mol. The Morgan fingerprint density at radius 3 is 2.14 bits per heavy atom. The van der Waals surface area contributed by atoms with Crippen LogP contribution in [0.2, 0.25) is 18.1 Å². The summed E-state index contributed by atoms with van der Waals surface area (Å²) in [6, 6.07) is 10.3. The summed E-state index contributed by atoms with van der Waals surface area (Å²) in [5.41, 5.74) is 1.18. The zero-order valence-corrected chi connectivity index (χ0v) is 23.1. The van der Waals surface area contributed by atoms with Crippen LogP contribution in [0.3, 0.4) is 0 Å². The molecule has 194 valence electrons. The zero-order chi connectivity index (χ0) is 26.6. The van der Waals surface area contributed by atoms with E-state index in [0.29, 0.717) is 16.9 Å². The third-order valence-electron chi connectivity index (χ3n) is 6.13. The van der Waals surface area contributed by atoms with Crippen LogP contribution in [0.25, 0.3) is 0 Å². The van der Waals surface area contributed by atoms with E-state index in [1.54, 1.807) is 30.3 Å². The Bertz CT molecular complexity index is 1130. The van der Waals surface area contributed by atoms with Crippen molar-refractivity contribution < 1.29 is 32.6 Å². The highest BCUT2D eigenvalue weighted by molar-refractivity contribution is 7.92. The molecule has 4 N–H and O–H groups in total. The number of carbonyl (C=O) groups is 1. The van der Waals surface area contributed by atoms with Crippen LogP contribution in [0.5, 0.6) is 11.5 Å². The first kappa shape index (κ1) is 28.6. The summed E-state index contributed by atoms with van der Waals surface area (Å²) in [5.74, 6) is -0.654. The summed E-state index contributed by atoms with van der Waals surface area (Å²) in [6.07, 6.45) is 0.396. The fraction of sp³-hybridized carbons (Fsp3) is 0.458. The summed E-state index contributed by atoms with van der Waals surface area (Å²) in [4.78, 5) is 12.1. The number of aromatic hydroxyl groups is 1. The Hall–Kier alpha value is -2.60. The van der Waals surface area contributed by atoms with Gasteiger partial charge in [-0.1, -0.05) is 39.0 Å². The standard InChI is InChI=1S/C24H36N2O7SSi/c1-24(2,3)35(6,7)33-21(17-10-13-20(27)19(14-17)26-34(5,30)31)15-25-22(23(28)29)16-8-11-18(32-4)12-9-16/h8-14,21-22,25-27H,15H2,1-7H3,(H,28,29)/t21-,22-/m0/s1. The number of anilines is 1. The van der Waals surface area contributed by atoms with E-state index in [9.17, 15) is 23.4 Å². The van der Waals surface area contributed by atoms with Gasteiger partial charge < -0.3 is 19.4 Å². The molecule has 2 rings (SSSR count). The van der Waals surface area contributed by atoms with E-state index in [-0.39, 0.29) is 23.0 Å². The molecule has 0 aliphatic heterocycles. The second-order valence-corrected chi connectivity index (χ2v) is 16.5. The SMILES string of the molecule is COc1ccc([C@H](NC[C@H](O[Si](C)(C)C(C)(C)C)c2ccc(O)c(NS(C)(=O)=O)c2)C(=O)O)cc1. The summed E-state index contributed by atoms with van der Waals surface area (Å²) in [7, 11) is -4.41. The Morgan fingerprint density at radius 2 is 1.66 bits per heavy atom. The number of hydrogen-bond donors (Lipinski definition) is 4. The normalized spacial score (nSPS) is 14.3. The maximum absolute atomic E-state index is 12.1. The van der Waals surface area contributed by atoms with Crippen LogP contribution in [-0.4, -0.2) is 52.8 Å². The van der Waals surface area contributed by atoms with E-state index >= 15 is 0 Å². The summed E-state index contributed by atoms with van der Waals surface area (Å²) in [5, 5.41) is 23.0. The van der Waals surface area contributed by atoms with Crippen molar-refractivity contribution in [2.24, 2.45) is 0 Å². The molecule has 0 heterocycles. The first-order valence-corrected chi connectivity index (χ1v) is 15.9. The topological polar surface area (TPSA) is 134 Å². The van der Waals surface area contributed by atoms with Crippen molar-refractivity contribution in [2.75, 3.05) is 24.6 Å². The highest BCUT2D eigenvalue weighted by Crippen LogP contribution is 2.40. The van der Waals surface area contributed by atoms with Gasteiger partial charge in [-0.05, 0) is 53.5 Å². The van der Waals surface area contributed by atoms with Crippen LogP contribution >= 0.6 is 0 Å². The van der Waals surface area contributed by atoms with Crippen molar-refractivity contribution in [3.8, 4) is 11.5 Å². The average Bonchev–Trinajstić information content (AvgIpc) is 2.73. The second kappa shape index (κ2) is 11.0. The minimum absolute atomic E-state index is 0.0266. The van der Waals surface area contributed by atoms with E-state index in [0.717, 1.165) is 6.26 Å². The van der Waals surface area contributed by atoms with Gasteiger partial charge in [0.2, 0.25) is 10.0 Å². The monoisotopic (exact) mass is 524 g/mol. The highest BCUT2D eigenvalue weighted by atomic mass is 32.2. The maximum atomic E-state index is 12.1. The molecule has 0 saturated heterocycles. The largest absolute Gasteiger partial charge is 0.506 e. The fourth-order valence-electron chi connectivity index (χ4n) is 3.16. The van der Waals surface area contributed by atoms with E-state index in [4.69, 9.17) is 9.16 Å². The number of nitrogens with one attached hydrogen (secondary N) is 2. The minimum Gasteiger partial charge on any atom is -0.506 e. The van der Waals surface area contributed by atoms with Gasteiger partial charge >= 0.3 is 5.97 Å². The van der Waals surface area contributed by atoms with Crippen molar-refractivity contribution in [1.82, 2.24) is 5.32 Å². The van der Waals surface area contributed by atoms with Crippen LogP contribution in [0.1, 0.15) is 44.0 Å². The molecule has 0 unspecified atom stereocenters. The number of phenolic OH excluding ortho intramolecular Hbond substituents is 1. The first-order chi connectivity index (χ1) is 16.0. The molecule has 0 aliphatic rings. The van der Waals surface area contributed by atoms with Crippen LogP contribution < -0.4 is 14.8 Å². The van der Waals surface area contributed by atoms with E-state index < -0.39 is 36.5 Å². The number of methoxy groups -OCH3 is 1. The van der Waals surface area contributed by atoms with Gasteiger partial charge in [-0.15, -0.1) is 0 Å². The lowest BCUT2D eigenvalue weighted by Crippen LogP contribution is -2.44. The van der Waals surface area contributed by atoms with E-state index in [1.165, 1.54) is 19.2 Å². The van der Waals surface area contributed by atoms with Gasteiger partial charge in [0, 0.05) is 6.54 Å². The molecule has 0 bridgehead atoms. The molecule has 0 aliphatic carbocycles. The molecule has 0 spiro atoms. The van der Waals surface area contributed by atoms with Crippen LogP contribution in [0.15, 0.2) is 42.5 Å². The van der Waals surface area contributed by atoms with Gasteiger partial charge in [-0.2, -0.15) is 0 Å². The smallest absolute Gasteiger partial charge is 0.325 e. The predicted octanol–water partition coefficient (Wildman–Crippen LogP) is 4.25. The molecule has 35 heavy (non-hydrogen) atoms. The molecule has 11 heteroatoms. The number of carboxylic acid groups (broad SMARTS) is 1. The van der Waals surface area contributed by atoms with Gasteiger partial charge in [0.05, 0.1) is 25.2 Å². The van der Waals surface area contributed by atoms with Crippen LogP contribution in [0.4, 0.5) is 5.69 Å². The highest BCUT2D eigenvalue weighted by Gasteiger charge is 2.40. The number of rotatable bonds is 11. The molecule has 0 radical (unpaired) electrons. The molecule has 2 atom stereocenters. The quantitative estimate of drug-likeness (QED) is 0.253. The molecule has 0 amide bonds. The Kier molecular flexibility index (Phi) is 8.98. The molecule has 0 saturated carbocycles. The lowest BCUT2D eigenvalue weighted by molar-refractivity contribution is -0.139. The minimum atomic E-state index is -3.62. The molecule has 2 aromatic carbocycles. The number of benzene rings is 2. The first-order valence-electron chi connectivity index (χ1n) is 11.1. The number of hydrogen-bond acceptors (Lipinski definition) is 7. The summed E-state index contributed by atoms with van der Waals surface area (Å²) in [6.45, 7) is 10.6. The van der Waals surface area contributed by atoms with Crippen molar-refractivity contribution in [1.29, 1.82) is 0 Å². The molecule has 0 aromatic heterocycles. The van der Waals surface area contributed by atoms with Crippen molar-refractivity contribution in [2.45, 2.75) is 51.0 Å². The van der Waals surface area contributed by atoms with Gasteiger partial charge in [-0.25, -0.2) is 8.42 Å². The Morgan fingerprint density at radius 1 is 1.09 bits per heavy atom. The van der Waals surface area contributed by atoms with Gasteiger partial charge in [0.1, 0.15) is 17.5 Å². The van der Waals surface area contributed by atoms with Crippen LogP contribution in [-0.2, 0) is 19.2 Å². The molecular formula is C24H36N2O7SSi. The lowest BCUT2D eigenvalue weighted by Gasteiger charge is -2.39. The second-order valence-electron chi connectivity index (χ2n) is 9.97. The molecule has 0 fully saturated rings. The molecule has 2 aromatic rings. The molecule has 9 nitrogen and oxygen atoms in total. The Balaban J connectivity index is 2.42. The van der Waals surface area contributed by atoms with Gasteiger partial charge in [0.15, 0.2) is 8.32 Å². The number of carboxylic acids is 1. The number of ether oxygens (including phenoxy) is 1. The van der Waals surface area contributed by atoms with Gasteiger partial charge in [0.25, 0.3) is 0 Å². The number of aliphatic carboxylic acids is 1. The van der Waals surface area contributed by atoms with Crippen molar-refractivity contribution in [3.63, 3.8) is 0 Å². The molecular weight excluding hydrogens is 488 g/mol. The summed E-state index contributed by atoms with van der Waals surface area (Å²) >= 11 is 0. The summed E-state index contributed by atoms with van der Waals surface area (Å²) < 4.78 is 37.6.